The molecule has 0 spiro atoms. The second-order valence-corrected chi connectivity index (χ2v) is 4.90. The van der Waals surface area contributed by atoms with Gasteiger partial charge in [-0.1, -0.05) is 30.7 Å². The summed E-state index contributed by atoms with van der Waals surface area (Å²) in [5.74, 6) is 0. The first-order chi connectivity index (χ1) is 9.24. The molecule has 4 heteroatoms. The molecule has 1 aromatic carbocycles. The van der Waals surface area contributed by atoms with E-state index in [4.69, 9.17) is 16.3 Å². The van der Waals surface area contributed by atoms with Gasteiger partial charge in [0.15, 0.2) is 0 Å². The number of rotatable bonds is 9. The number of halogens is 1. The number of benzene rings is 1. The molecule has 0 fully saturated rings. The first kappa shape index (κ1) is 16.3. The highest BCUT2D eigenvalue weighted by molar-refractivity contribution is 6.33. The summed E-state index contributed by atoms with van der Waals surface area (Å²) in [6, 6.07) is 6.12. The monoisotopic (exact) mass is 284 g/mol. The molecule has 0 aliphatic heterocycles. The molecule has 0 atom stereocenters. The van der Waals surface area contributed by atoms with E-state index >= 15 is 0 Å². The summed E-state index contributed by atoms with van der Waals surface area (Å²) < 4.78 is 5.04. The predicted molar refractivity (Wildman–Crippen MR) is 83.2 cm³/mol. The van der Waals surface area contributed by atoms with Gasteiger partial charge >= 0.3 is 0 Å². The van der Waals surface area contributed by atoms with Crippen LogP contribution in [0.15, 0.2) is 18.2 Å². The summed E-state index contributed by atoms with van der Waals surface area (Å²) in [5.41, 5.74) is 2.41. The van der Waals surface area contributed by atoms with Gasteiger partial charge in [-0.3, -0.25) is 0 Å². The van der Waals surface area contributed by atoms with Crippen LogP contribution in [0.5, 0.6) is 0 Å². The first-order valence-electron chi connectivity index (χ1n) is 6.96. The number of hydrogen-bond acceptors (Lipinski definition) is 3. The molecule has 0 aromatic heterocycles. The van der Waals surface area contributed by atoms with E-state index in [9.17, 15) is 0 Å². The quantitative estimate of drug-likeness (QED) is 0.704. The lowest BCUT2D eigenvalue weighted by molar-refractivity contribution is 0.199. The van der Waals surface area contributed by atoms with E-state index in [0.29, 0.717) is 0 Å². The average molecular weight is 285 g/mol. The zero-order valence-electron chi connectivity index (χ0n) is 12.2. The Morgan fingerprint density at radius 1 is 1.32 bits per heavy atom. The fourth-order valence-corrected chi connectivity index (χ4v) is 2.47. The van der Waals surface area contributed by atoms with Crippen LogP contribution in [0.2, 0.25) is 5.02 Å². The van der Waals surface area contributed by atoms with Crippen molar-refractivity contribution in [2.75, 3.05) is 38.3 Å². The third-order valence-electron chi connectivity index (χ3n) is 3.06. The normalized spacial score (nSPS) is 10.7. The van der Waals surface area contributed by atoms with Gasteiger partial charge in [0.25, 0.3) is 0 Å². The van der Waals surface area contributed by atoms with Crippen LogP contribution >= 0.6 is 11.6 Å². The van der Waals surface area contributed by atoms with Crippen molar-refractivity contribution < 1.29 is 4.74 Å². The van der Waals surface area contributed by atoms with Crippen molar-refractivity contribution in [2.24, 2.45) is 0 Å². The molecule has 0 saturated carbocycles. The van der Waals surface area contributed by atoms with Crippen LogP contribution in [0.4, 0.5) is 5.69 Å². The van der Waals surface area contributed by atoms with Crippen molar-refractivity contribution in [3.63, 3.8) is 0 Å². The zero-order valence-corrected chi connectivity index (χ0v) is 13.0. The van der Waals surface area contributed by atoms with Crippen LogP contribution in [0.3, 0.4) is 0 Å². The maximum atomic E-state index is 6.38. The van der Waals surface area contributed by atoms with Gasteiger partial charge in [-0.15, -0.1) is 0 Å². The summed E-state index contributed by atoms with van der Waals surface area (Å²) in [6.07, 6.45) is 1.12. The van der Waals surface area contributed by atoms with Crippen LogP contribution < -0.4 is 10.2 Å². The summed E-state index contributed by atoms with van der Waals surface area (Å²) in [5, 5.41) is 4.22. The number of methoxy groups -OCH3 is 1. The van der Waals surface area contributed by atoms with Gasteiger partial charge in [-0.25, -0.2) is 0 Å². The standard InChI is InChI=1S/C15H25ClN2O/c1-4-10-18(5-2)15-13(7-6-8-14(15)16)12-17-9-11-19-3/h6-8,17H,4-5,9-12H2,1-3H3. The number of hydrogen-bond donors (Lipinski definition) is 1. The number of ether oxygens (including phenoxy) is 1. The minimum Gasteiger partial charge on any atom is -0.383 e. The fourth-order valence-electron chi connectivity index (χ4n) is 2.15. The molecule has 1 N–H and O–H groups in total. The van der Waals surface area contributed by atoms with E-state index in [1.54, 1.807) is 7.11 Å². The van der Waals surface area contributed by atoms with E-state index < -0.39 is 0 Å². The molecule has 3 nitrogen and oxygen atoms in total. The molecule has 0 saturated heterocycles. The van der Waals surface area contributed by atoms with Crippen LogP contribution in [0.1, 0.15) is 25.8 Å². The fraction of sp³-hybridized carbons (Fsp3) is 0.600. The maximum absolute atomic E-state index is 6.38. The molecule has 1 aromatic rings. The summed E-state index contributed by atoms with van der Waals surface area (Å²) in [6.45, 7) is 8.76. The molecule has 0 radical (unpaired) electrons. The van der Waals surface area contributed by atoms with Crippen molar-refractivity contribution in [3.8, 4) is 0 Å². The number of anilines is 1. The Hall–Kier alpha value is -0.770. The van der Waals surface area contributed by atoms with Crippen LogP contribution in [0.25, 0.3) is 0 Å². The third-order valence-corrected chi connectivity index (χ3v) is 3.37. The molecule has 1 rings (SSSR count). The van der Waals surface area contributed by atoms with Crippen molar-refractivity contribution in [2.45, 2.75) is 26.8 Å². The highest BCUT2D eigenvalue weighted by Crippen LogP contribution is 2.30. The Bertz CT molecular complexity index is 371. The van der Waals surface area contributed by atoms with Gasteiger partial charge in [-0.2, -0.15) is 0 Å². The molecule has 0 amide bonds. The third kappa shape index (κ3) is 5.01. The second-order valence-electron chi connectivity index (χ2n) is 4.50. The van der Waals surface area contributed by atoms with E-state index in [1.807, 2.05) is 12.1 Å². The minimum atomic E-state index is 0.725. The zero-order chi connectivity index (χ0) is 14.1. The van der Waals surface area contributed by atoms with Crippen molar-refractivity contribution in [1.29, 1.82) is 0 Å². The highest BCUT2D eigenvalue weighted by Gasteiger charge is 2.12. The SMILES string of the molecule is CCCN(CC)c1c(Cl)cccc1CNCCOC. The maximum Gasteiger partial charge on any atom is 0.0642 e. The van der Waals surface area contributed by atoms with Gasteiger partial charge in [0, 0.05) is 33.3 Å². The van der Waals surface area contributed by atoms with E-state index in [0.717, 1.165) is 44.2 Å². The Balaban J connectivity index is 2.81. The van der Waals surface area contributed by atoms with E-state index in [1.165, 1.54) is 11.3 Å². The van der Waals surface area contributed by atoms with E-state index in [-0.39, 0.29) is 0 Å². The summed E-state index contributed by atoms with van der Waals surface area (Å²) >= 11 is 6.38. The highest BCUT2D eigenvalue weighted by atomic mass is 35.5. The smallest absolute Gasteiger partial charge is 0.0642 e. The molecular formula is C15H25ClN2O. The van der Waals surface area contributed by atoms with Gasteiger partial charge < -0.3 is 15.0 Å². The lowest BCUT2D eigenvalue weighted by Crippen LogP contribution is -2.27. The molecule has 0 aliphatic rings. The van der Waals surface area contributed by atoms with Gasteiger partial charge in [-0.05, 0) is 25.0 Å². The summed E-state index contributed by atoms with van der Waals surface area (Å²) in [7, 11) is 1.71. The predicted octanol–water partition coefficient (Wildman–Crippen LogP) is 3.31. The molecule has 0 aliphatic carbocycles. The lowest BCUT2D eigenvalue weighted by atomic mass is 10.1. The van der Waals surface area contributed by atoms with Crippen LogP contribution in [0, 0.1) is 0 Å². The van der Waals surface area contributed by atoms with Crippen molar-refractivity contribution >= 4 is 17.3 Å². The Morgan fingerprint density at radius 2 is 2.11 bits per heavy atom. The average Bonchev–Trinajstić information content (AvgIpc) is 2.42. The molecular weight excluding hydrogens is 260 g/mol. The lowest BCUT2D eigenvalue weighted by Gasteiger charge is -2.26. The molecule has 19 heavy (non-hydrogen) atoms. The number of nitrogens with zero attached hydrogens (tertiary/aromatic N) is 1. The minimum absolute atomic E-state index is 0.725. The Kier molecular flexibility index (Phi) is 7.87. The Morgan fingerprint density at radius 3 is 2.74 bits per heavy atom. The molecule has 0 bridgehead atoms. The Labute approximate surface area is 121 Å². The van der Waals surface area contributed by atoms with Gasteiger partial charge in [0.05, 0.1) is 17.3 Å². The molecule has 108 valence electrons. The van der Waals surface area contributed by atoms with Crippen LogP contribution in [-0.4, -0.2) is 33.4 Å². The largest absolute Gasteiger partial charge is 0.383 e. The van der Waals surface area contributed by atoms with Gasteiger partial charge in [0.2, 0.25) is 0 Å². The van der Waals surface area contributed by atoms with Crippen molar-refractivity contribution in [3.05, 3.63) is 28.8 Å². The number of para-hydroxylation sites is 1. The van der Waals surface area contributed by atoms with Crippen LogP contribution in [-0.2, 0) is 11.3 Å². The van der Waals surface area contributed by atoms with Gasteiger partial charge in [0.1, 0.15) is 0 Å². The first-order valence-corrected chi connectivity index (χ1v) is 7.34. The summed E-state index contributed by atoms with van der Waals surface area (Å²) in [4.78, 5) is 2.34. The molecule has 0 heterocycles. The van der Waals surface area contributed by atoms with E-state index in [2.05, 4.69) is 30.1 Å². The second kappa shape index (κ2) is 9.18. The molecule has 0 unspecified atom stereocenters. The number of nitrogens with one attached hydrogen (secondary N) is 1. The topological polar surface area (TPSA) is 24.5 Å². The van der Waals surface area contributed by atoms with Crippen molar-refractivity contribution in [1.82, 2.24) is 5.32 Å².